The van der Waals surface area contributed by atoms with Crippen LogP contribution in [0.5, 0.6) is 0 Å². The summed E-state index contributed by atoms with van der Waals surface area (Å²) in [5.41, 5.74) is -0.422. The van der Waals surface area contributed by atoms with E-state index in [4.69, 9.17) is 9.47 Å². The highest BCUT2D eigenvalue weighted by atomic mass is 16.7. The molecule has 0 aromatic heterocycles. The summed E-state index contributed by atoms with van der Waals surface area (Å²) in [4.78, 5) is 35.6. The second-order valence-electron chi connectivity index (χ2n) is 5.80. The Morgan fingerprint density at radius 1 is 1.12 bits per heavy atom. The van der Waals surface area contributed by atoms with Crippen molar-refractivity contribution in [3.05, 3.63) is 0 Å². The van der Waals surface area contributed by atoms with Gasteiger partial charge in [-0.1, -0.05) is 0 Å². The Morgan fingerprint density at radius 2 is 1.59 bits per heavy atom. The fourth-order valence-corrected chi connectivity index (χ4v) is 3.02. The van der Waals surface area contributed by atoms with E-state index in [0.29, 0.717) is 5.92 Å². The summed E-state index contributed by atoms with van der Waals surface area (Å²) in [6.45, 7) is 2.95. The molecular weight excluding hydrogens is 224 g/mol. The molecule has 1 saturated heterocycles. The molecule has 0 aromatic carbocycles. The van der Waals surface area contributed by atoms with E-state index >= 15 is 0 Å². The largest absolute Gasteiger partial charge is 0.422 e. The third-order valence-electron chi connectivity index (χ3n) is 3.99. The lowest BCUT2D eigenvalue weighted by Gasteiger charge is -2.61. The zero-order valence-electron chi connectivity index (χ0n) is 9.82. The van der Waals surface area contributed by atoms with Crippen LogP contribution in [0.3, 0.4) is 0 Å². The highest BCUT2D eigenvalue weighted by Gasteiger charge is 2.65. The van der Waals surface area contributed by atoms with E-state index in [1.54, 1.807) is 0 Å². The predicted molar refractivity (Wildman–Crippen MR) is 54.5 cm³/mol. The van der Waals surface area contributed by atoms with E-state index in [1.807, 2.05) is 0 Å². The summed E-state index contributed by atoms with van der Waals surface area (Å²) >= 11 is 0. The molecule has 0 radical (unpaired) electrons. The quantitative estimate of drug-likeness (QED) is 0.526. The third-order valence-corrected chi connectivity index (χ3v) is 3.99. The van der Waals surface area contributed by atoms with Crippen LogP contribution in [0, 0.1) is 17.3 Å². The first-order valence-electron chi connectivity index (χ1n) is 5.83. The van der Waals surface area contributed by atoms with Gasteiger partial charge < -0.3 is 9.47 Å². The standard InChI is InChI=1S/C12H14O5/c1-11(2)16-9(14)7(10(15)17-11)8(13)12-3-6(4-12)5-12/h6-7H,3-5H2,1-2H3. The Labute approximate surface area is 98.4 Å². The number of hydrogen-bond donors (Lipinski definition) is 0. The summed E-state index contributed by atoms with van der Waals surface area (Å²) < 4.78 is 9.91. The smallest absolute Gasteiger partial charge is 0.331 e. The molecule has 4 rings (SSSR count). The van der Waals surface area contributed by atoms with Crippen molar-refractivity contribution in [2.45, 2.75) is 38.9 Å². The second kappa shape index (κ2) is 2.89. The number of hydrogen-bond acceptors (Lipinski definition) is 5. The van der Waals surface area contributed by atoms with Gasteiger partial charge in [-0.2, -0.15) is 0 Å². The molecule has 4 aliphatic rings. The van der Waals surface area contributed by atoms with Crippen molar-refractivity contribution >= 4 is 17.7 Å². The summed E-state index contributed by atoms with van der Waals surface area (Å²) in [5, 5.41) is 0. The van der Waals surface area contributed by atoms with E-state index < -0.39 is 29.1 Å². The molecule has 1 heterocycles. The number of Topliss-reactive ketones (excluding diaryl/α,β-unsaturated/α-hetero) is 1. The van der Waals surface area contributed by atoms with Gasteiger partial charge in [0.15, 0.2) is 5.78 Å². The van der Waals surface area contributed by atoms with Crippen LogP contribution in [0.2, 0.25) is 0 Å². The monoisotopic (exact) mass is 238 g/mol. The van der Waals surface area contributed by atoms with Crippen LogP contribution in [0.25, 0.3) is 0 Å². The third kappa shape index (κ3) is 1.34. The highest BCUT2D eigenvalue weighted by Crippen LogP contribution is 2.65. The molecule has 0 atom stereocenters. The number of ether oxygens (including phenoxy) is 2. The van der Waals surface area contributed by atoms with Crippen molar-refractivity contribution in [2.75, 3.05) is 0 Å². The fraction of sp³-hybridized carbons (Fsp3) is 0.750. The molecule has 17 heavy (non-hydrogen) atoms. The average Bonchev–Trinajstić information content (AvgIpc) is 1.91. The Balaban J connectivity index is 1.81. The maximum Gasteiger partial charge on any atom is 0.331 e. The first-order chi connectivity index (χ1) is 7.83. The van der Waals surface area contributed by atoms with Crippen LogP contribution in [0.15, 0.2) is 0 Å². The maximum atomic E-state index is 12.2. The molecule has 0 unspecified atom stereocenters. The van der Waals surface area contributed by atoms with Crippen molar-refractivity contribution in [1.29, 1.82) is 0 Å². The van der Waals surface area contributed by atoms with Crippen LogP contribution in [-0.4, -0.2) is 23.5 Å². The van der Waals surface area contributed by atoms with E-state index in [1.165, 1.54) is 13.8 Å². The normalized spacial score (nSPS) is 38.6. The number of carbonyl (C=O) groups is 3. The molecule has 0 spiro atoms. The molecule has 3 aliphatic carbocycles. The number of cyclic esters (lactones) is 2. The van der Waals surface area contributed by atoms with Gasteiger partial charge in [0.1, 0.15) is 0 Å². The molecule has 5 heteroatoms. The Morgan fingerprint density at radius 3 is 1.94 bits per heavy atom. The van der Waals surface area contributed by atoms with Gasteiger partial charge in [0.25, 0.3) is 5.79 Å². The zero-order chi connectivity index (χ0) is 12.4. The summed E-state index contributed by atoms with van der Waals surface area (Å²) in [5.74, 6) is -3.83. The van der Waals surface area contributed by atoms with Crippen molar-refractivity contribution in [3.63, 3.8) is 0 Å². The molecule has 0 aromatic rings. The Kier molecular flexibility index (Phi) is 1.83. The average molecular weight is 238 g/mol. The van der Waals surface area contributed by atoms with Gasteiger partial charge in [-0.3, -0.25) is 14.4 Å². The topological polar surface area (TPSA) is 69.7 Å². The SMILES string of the molecule is CC1(C)OC(=O)C(C(=O)C23CC(C2)C3)C(=O)O1. The minimum Gasteiger partial charge on any atom is -0.422 e. The van der Waals surface area contributed by atoms with Crippen LogP contribution in [0.4, 0.5) is 0 Å². The van der Waals surface area contributed by atoms with E-state index in [9.17, 15) is 14.4 Å². The molecule has 0 N–H and O–H groups in total. The molecule has 0 amide bonds. The number of esters is 2. The molecule has 92 valence electrons. The van der Waals surface area contributed by atoms with Gasteiger partial charge in [0.2, 0.25) is 5.92 Å². The Hall–Kier alpha value is -1.39. The lowest BCUT2D eigenvalue weighted by Crippen LogP contribution is -2.62. The second-order valence-corrected chi connectivity index (χ2v) is 5.80. The van der Waals surface area contributed by atoms with Crippen molar-refractivity contribution in [1.82, 2.24) is 0 Å². The number of rotatable bonds is 2. The van der Waals surface area contributed by atoms with Crippen LogP contribution in [-0.2, 0) is 23.9 Å². The van der Waals surface area contributed by atoms with Gasteiger partial charge >= 0.3 is 11.9 Å². The zero-order valence-corrected chi connectivity index (χ0v) is 9.82. The minimum atomic E-state index is -1.36. The molecule has 1 aliphatic heterocycles. The summed E-state index contributed by atoms with van der Waals surface area (Å²) in [6.07, 6.45) is 2.44. The first-order valence-corrected chi connectivity index (χ1v) is 5.83. The van der Waals surface area contributed by atoms with Crippen LogP contribution < -0.4 is 0 Å². The molecule has 5 nitrogen and oxygen atoms in total. The maximum absolute atomic E-state index is 12.2. The minimum absolute atomic E-state index is 0.300. The molecular formula is C12H14O5. The number of ketones is 1. The van der Waals surface area contributed by atoms with Gasteiger partial charge in [0, 0.05) is 19.3 Å². The Bertz CT molecular complexity index is 399. The van der Waals surface area contributed by atoms with Crippen LogP contribution >= 0.6 is 0 Å². The van der Waals surface area contributed by atoms with Gasteiger partial charge in [-0.15, -0.1) is 0 Å². The van der Waals surface area contributed by atoms with Crippen molar-refractivity contribution in [2.24, 2.45) is 17.3 Å². The first kappa shape index (κ1) is 10.7. The summed E-state index contributed by atoms with van der Waals surface area (Å²) in [6, 6.07) is 0. The van der Waals surface area contributed by atoms with Gasteiger partial charge in [-0.25, -0.2) is 0 Å². The number of carbonyl (C=O) groups excluding carboxylic acids is 3. The highest BCUT2D eigenvalue weighted by molar-refractivity contribution is 6.18. The van der Waals surface area contributed by atoms with E-state index in [-0.39, 0.29) is 5.78 Å². The van der Waals surface area contributed by atoms with Crippen molar-refractivity contribution in [3.8, 4) is 0 Å². The van der Waals surface area contributed by atoms with Gasteiger partial charge in [0.05, 0.1) is 0 Å². The predicted octanol–water partition coefficient (Wildman–Crippen LogP) is 0.808. The van der Waals surface area contributed by atoms with Crippen molar-refractivity contribution < 1.29 is 23.9 Å². The molecule has 4 fully saturated rings. The van der Waals surface area contributed by atoms with E-state index in [0.717, 1.165) is 19.3 Å². The molecule has 3 saturated carbocycles. The van der Waals surface area contributed by atoms with Crippen LogP contribution in [0.1, 0.15) is 33.1 Å². The summed E-state index contributed by atoms with van der Waals surface area (Å²) in [7, 11) is 0. The van der Waals surface area contributed by atoms with E-state index in [2.05, 4.69) is 0 Å². The van der Waals surface area contributed by atoms with Gasteiger partial charge in [-0.05, 0) is 25.2 Å². The lowest BCUT2D eigenvalue weighted by molar-refractivity contribution is -0.241. The fourth-order valence-electron chi connectivity index (χ4n) is 3.02. The lowest BCUT2D eigenvalue weighted by atomic mass is 9.42. The molecule has 2 bridgehead atoms.